The van der Waals surface area contributed by atoms with Crippen LogP contribution in [0.5, 0.6) is 0 Å². The van der Waals surface area contributed by atoms with Crippen LogP contribution in [0.3, 0.4) is 0 Å². The predicted molar refractivity (Wildman–Crippen MR) is 52.6 cm³/mol. The minimum atomic E-state index is -1.02. The van der Waals surface area contributed by atoms with Crippen molar-refractivity contribution in [3.8, 4) is 0 Å². The molecule has 74 valence electrons. The Morgan fingerprint density at radius 1 is 1.77 bits per heavy atom. The second-order valence-electron chi connectivity index (χ2n) is 3.09. The zero-order valence-corrected chi connectivity index (χ0v) is 8.76. The highest BCUT2D eigenvalue weighted by Crippen LogP contribution is 2.31. The molecule has 0 bridgehead atoms. The third-order valence-electron chi connectivity index (χ3n) is 2.17. The number of anilines is 1. The van der Waals surface area contributed by atoms with Crippen LogP contribution in [-0.2, 0) is 10.3 Å². The van der Waals surface area contributed by atoms with Crippen LogP contribution < -0.4 is 5.73 Å². The first-order valence-corrected chi connectivity index (χ1v) is 4.77. The highest BCUT2D eigenvalue weighted by molar-refractivity contribution is 7.15. The van der Waals surface area contributed by atoms with Crippen molar-refractivity contribution in [1.82, 2.24) is 4.98 Å². The Kier molecular flexibility index (Phi) is 2.90. The lowest BCUT2D eigenvalue weighted by Crippen LogP contribution is -2.34. The first-order chi connectivity index (χ1) is 5.98. The number of aliphatic hydroxyl groups is 1. The lowest BCUT2D eigenvalue weighted by molar-refractivity contribution is -0.0749. The SMILES string of the molecule is COC(C)C(C)(O)c1cnc(N)s1. The fraction of sp³-hybridized carbons (Fsp3) is 0.625. The summed E-state index contributed by atoms with van der Waals surface area (Å²) in [6, 6.07) is 0. The molecule has 1 aromatic heterocycles. The zero-order valence-electron chi connectivity index (χ0n) is 7.94. The molecule has 0 saturated carbocycles. The number of ether oxygens (including phenoxy) is 1. The van der Waals surface area contributed by atoms with Gasteiger partial charge in [0.2, 0.25) is 0 Å². The van der Waals surface area contributed by atoms with Gasteiger partial charge in [0, 0.05) is 13.3 Å². The van der Waals surface area contributed by atoms with Crippen molar-refractivity contribution in [3.63, 3.8) is 0 Å². The van der Waals surface area contributed by atoms with Gasteiger partial charge < -0.3 is 15.6 Å². The summed E-state index contributed by atoms with van der Waals surface area (Å²) in [5.74, 6) is 0. The van der Waals surface area contributed by atoms with Gasteiger partial charge in [-0.25, -0.2) is 4.98 Å². The second-order valence-corrected chi connectivity index (χ2v) is 4.15. The van der Waals surface area contributed by atoms with Gasteiger partial charge in [0.15, 0.2) is 5.13 Å². The van der Waals surface area contributed by atoms with E-state index in [0.29, 0.717) is 5.13 Å². The third-order valence-corrected chi connectivity index (χ3v) is 3.22. The van der Waals surface area contributed by atoms with Gasteiger partial charge in [-0.15, -0.1) is 0 Å². The molecule has 1 rings (SSSR count). The van der Waals surface area contributed by atoms with E-state index in [1.54, 1.807) is 27.2 Å². The standard InChI is InChI=1S/C8H14N2O2S/c1-5(12-3)8(2,11)6-4-10-7(9)13-6/h4-5,11H,1-3H3,(H2,9,10). The molecule has 2 unspecified atom stereocenters. The van der Waals surface area contributed by atoms with E-state index in [1.165, 1.54) is 11.3 Å². The summed E-state index contributed by atoms with van der Waals surface area (Å²) in [6.45, 7) is 3.49. The molecule has 0 aliphatic rings. The summed E-state index contributed by atoms with van der Waals surface area (Å²) in [4.78, 5) is 4.60. The summed E-state index contributed by atoms with van der Waals surface area (Å²) in [5, 5.41) is 10.5. The lowest BCUT2D eigenvalue weighted by Gasteiger charge is -2.27. The molecule has 2 atom stereocenters. The van der Waals surface area contributed by atoms with E-state index in [0.717, 1.165) is 4.88 Å². The largest absolute Gasteiger partial charge is 0.382 e. The number of hydrogen-bond donors (Lipinski definition) is 2. The van der Waals surface area contributed by atoms with Gasteiger partial charge in [0.05, 0.1) is 11.0 Å². The highest BCUT2D eigenvalue weighted by Gasteiger charge is 2.32. The van der Waals surface area contributed by atoms with Gasteiger partial charge >= 0.3 is 0 Å². The third kappa shape index (κ3) is 1.99. The lowest BCUT2D eigenvalue weighted by atomic mass is 9.99. The summed E-state index contributed by atoms with van der Waals surface area (Å²) in [6.07, 6.45) is 1.29. The predicted octanol–water partition coefficient (Wildman–Crippen LogP) is 0.968. The van der Waals surface area contributed by atoms with Crippen molar-refractivity contribution in [2.45, 2.75) is 25.6 Å². The first-order valence-electron chi connectivity index (χ1n) is 3.95. The topological polar surface area (TPSA) is 68.4 Å². The highest BCUT2D eigenvalue weighted by atomic mass is 32.1. The Morgan fingerprint density at radius 2 is 2.38 bits per heavy atom. The second kappa shape index (κ2) is 3.61. The van der Waals surface area contributed by atoms with E-state index in [9.17, 15) is 5.11 Å². The molecular weight excluding hydrogens is 188 g/mol. The van der Waals surface area contributed by atoms with Crippen LogP contribution in [0.4, 0.5) is 5.13 Å². The Balaban J connectivity index is 2.92. The molecule has 0 amide bonds. The van der Waals surface area contributed by atoms with Gasteiger partial charge in [0.25, 0.3) is 0 Å². The quantitative estimate of drug-likeness (QED) is 0.766. The maximum absolute atomic E-state index is 10.1. The van der Waals surface area contributed by atoms with Crippen molar-refractivity contribution >= 4 is 16.5 Å². The molecule has 0 aromatic carbocycles. The monoisotopic (exact) mass is 202 g/mol. The van der Waals surface area contributed by atoms with Crippen molar-refractivity contribution < 1.29 is 9.84 Å². The number of hydrogen-bond acceptors (Lipinski definition) is 5. The van der Waals surface area contributed by atoms with Crippen molar-refractivity contribution in [2.24, 2.45) is 0 Å². The normalized spacial score (nSPS) is 18.2. The van der Waals surface area contributed by atoms with E-state index < -0.39 is 5.60 Å². The van der Waals surface area contributed by atoms with Crippen LogP contribution >= 0.6 is 11.3 Å². The first kappa shape index (κ1) is 10.4. The molecule has 1 aromatic rings. The molecule has 0 aliphatic carbocycles. The molecule has 1 heterocycles. The zero-order chi connectivity index (χ0) is 10.1. The molecular formula is C8H14N2O2S. The van der Waals surface area contributed by atoms with Crippen molar-refractivity contribution in [1.29, 1.82) is 0 Å². The average molecular weight is 202 g/mol. The molecule has 0 saturated heterocycles. The average Bonchev–Trinajstić information content (AvgIpc) is 2.50. The van der Waals surface area contributed by atoms with Crippen molar-refractivity contribution in [2.75, 3.05) is 12.8 Å². The maximum atomic E-state index is 10.1. The Morgan fingerprint density at radius 3 is 2.77 bits per heavy atom. The molecule has 0 radical (unpaired) electrons. The van der Waals surface area contributed by atoms with Gasteiger partial charge in [-0.1, -0.05) is 11.3 Å². The Labute approximate surface area is 81.4 Å². The molecule has 3 N–H and O–H groups in total. The van der Waals surface area contributed by atoms with Crippen LogP contribution in [0.2, 0.25) is 0 Å². The molecule has 5 heteroatoms. The van der Waals surface area contributed by atoms with E-state index in [2.05, 4.69) is 4.98 Å². The summed E-state index contributed by atoms with van der Waals surface area (Å²) < 4.78 is 5.07. The maximum Gasteiger partial charge on any atom is 0.180 e. The molecule has 0 fully saturated rings. The number of nitrogens with two attached hydrogens (primary N) is 1. The van der Waals surface area contributed by atoms with Crippen LogP contribution in [0, 0.1) is 0 Å². The summed E-state index contributed by atoms with van der Waals surface area (Å²) >= 11 is 1.28. The van der Waals surface area contributed by atoms with Gasteiger partial charge in [0.1, 0.15) is 5.60 Å². The number of thiazole rings is 1. The van der Waals surface area contributed by atoms with Crippen LogP contribution in [0.25, 0.3) is 0 Å². The minimum absolute atomic E-state index is 0.285. The van der Waals surface area contributed by atoms with Crippen LogP contribution in [-0.4, -0.2) is 23.3 Å². The molecule has 0 aliphatic heterocycles. The van der Waals surface area contributed by atoms with Gasteiger partial charge in [-0.2, -0.15) is 0 Å². The Hall–Kier alpha value is -0.650. The number of methoxy groups -OCH3 is 1. The number of nitrogen functional groups attached to an aromatic ring is 1. The minimum Gasteiger partial charge on any atom is -0.382 e. The molecule has 13 heavy (non-hydrogen) atoms. The number of aromatic nitrogens is 1. The number of nitrogens with zero attached hydrogens (tertiary/aromatic N) is 1. The van der Waals surface area contributed by atoms with Crippen molar-refractivity contribution in [3.05, 3.63) is 11.1 Å². The summed E-state index contributed by atoms with van der Waals surface area (Å²) in [5.41, 5.74) is 4.45. The smallest absolute Gasteiger partial charge is 0.180 e. The molecule has 4 nitrogen and oxygen atoms in total. The number of rotatable bonds is 3. The van der Waals surface area contributed by atoms with E-state index in [4.69, 9.17) is 10.5 Å². The van der Waals surface area contributed by atoms with E-state index in [1.807, 2.05) is 0 Å². The van der Waals surface area contributed by atoms with E-state index in [-0.39, 0.29) is 6.10 Å². The van der Waals surface area contributed by atoms with Crippen LogP contribution in [0.1, 0.15) is 18.7 Å². The van der Waals surface area contributed by atoms with Gasteiger partial charge in [-0.3, -0.25) is 0 Å². The van der Waals surface area contributed by atoms with E-state index >= 15 is 0 Å². The van der Waals surface area contributed by atoms with Crippen LogP contribution in [0.15, 0.2) is 6.20 Å². The van der Waals surface area contributed by atoms with Gasteiger partial charge in [-0.05, 0) is 13.8 Å². The summed E-state index contributed by atoms with van der Waals surface area (Å²) in [7, 11) is 1.56. The fourth-order valence-corrected chi connectivity index (χ4v) is 1.76. The molecule has 0 spiro atoms. The Bertz CT molecular complexity index is 285. The fourth-order valence-electron chi connectivity index (χ4n) is 0.951.